The van der Waals surface area contributed by atoms with Gasteiger partial charge in [0, 0.05) is 12.6 Å². The van der Waals surface area contributed by atoms with Gasteiger partial charge < -0.3 is 10.4 Å². The topological polar surface area (TPSA) is 49.3 Å². The third-order valence-electron chi connectivity index (χ3n) is 3.73. The zero-order valence-corrected chi connectivity index (χ0v) is 10.5. The van der Waals surface area contributed by atoms with Crippen LogP contribution in [0.4, 0.5) is 0 Å². The number of rotatable bonds is 6. The second kappa shape index (κ2) is 4.42. The minimum atomic E-state index is -0.800. The molecule has 92 valence electrons. The standard InChI is InChI=1S/C13H17NO2S/c15-13(16)12-10(5-6-17-12)7-14-11(8-1-2-8)9-3-4-9/h5-6,8-9,11,14H,1-4,7H2,(H,15,16). The minimum Gasteiger partial charge on any atom is -0.477 e. The highest BCUT2D eigenvalue weighted by Crippen LogP contribution is 2.44. The Labute approximate surface area is 105 Å². The molecule has 0 spiro atoms. The van der Waals surface area contributed by atoms with E-state index in [-0.39, 0.29) is 0 Å². The van der Waals surface area contributed by atoms with Crippen molar-refractivity contribution < 1.29 is 9.90 Å². The molecule has 1 aromatic heterocycles. The van der Waals surface area contributed by atoms with Crippen LogP contribution in [-0.4, -0.2) is 17.1 Å². The molecule has 3 nitrogen and oxygen atoms in total. The van der Waals surface area contributed by atoms with Crippen molar-refractivity contribution in [2.75, 3.05) is 0 Å². The molecule has 0 radical (unpaired) electrons. The van der Waals surface area contributed by atoms with E-state index < -0.39 is 5.97 Å². The molecule has 0 atom stereocenters. The van der Waals surface area contributed by atoms with Crippen LogP contribution in [0.15, 0.2) is 11.4 Å². The lowest BCUT2D eigenvalue weighted by atomic mass is 10.1. The lowest BCUT2D eigenvalue weighted by Crippen LogP contribution is -2.32. The summed E-state index contributed by atoms with van der Waals surface area (Å²) in [6.45, 7) is 0.711. The smallest absolute Gasteiger partial charge is 0.346 e. The van der Waals surface area contributed by atoms with E-state index in [1.54, 1.807) is 0 Å². The predicted octanol–water partition coefficient (Wildman–Crippen LogP) is 2.72. The molecule has 0 saturated heterocycles. The van der Waals surface area contributed by atoms with E-state index in [4.69, 9.17) is 5.11 Å². The summed E-state index contributed by atoms with van der Waals surface area (Å²) in [5.74, 6) is 0.912. The third kappa shape index (κ3) is 2.53. The van der Waals surface area contributed by atoms with Crippen molar-refractivity contribution in [3.05, 3.63) is 21.9 Å². The molecule has 2 saturated carbocycles. The molecule has 1 heterocycles. The number of carbonyl (C=O) groups is 1. The Morgan fingerprint density at radius 3 is 2.59 bits per heavy atom. The summed E-state index contributed by atoms with van der Waals surface area (Å²) in [5.41, 5.74) is 0.939. The fourth-order valence-corrected chi connectivity index (χ4v) is 3.28. The number of aromatic carboxylic acids is 1. The Hall–Kier alpha value is -0.870. The van der Waals surface area contributed by atoms with E-state index >= 15 is 0 Å². The average molecular weight is 251 g/mol. The van der Waals surface area contributed by atoms with E-state index in [9.17, 15) is 4.79 Å². The first-order valence-electron chi connectivity index (χ1n) is 6.29. The largest absolute Gasteiger partial charge is 0.477 e. The van der Waals surface area contributed by atoms with Gasteiger partial charge >= 0.3 is 5.97 Å². The predicted molar refractivity (Wildman–Crippen MR) is 67.4 cm³/mol. The first kappa shape index (κ1) is 11.2. The zero-order valence-electron chi connectivity index (χ0n) is 9.69. The summed E-state index contributed by atoms with van der Waals surface area (Å²) < 4.78 is 0. The lowest BCUT2D eigenvalue weighted by molar-refractivity contribution is 0.0701. The highest BCUT2D eigenvalue weighted by molar-refractivity contribution is 7.12. The van der Waals surface area contributed by atoms with Gasteiger partial charge in [-0.05, 0) is 54.5 Å². The number of carboxylic acids is 1. The molecule has 2 N–H and O–H groups in total. The molecule has 0 aromatic carbocycles. The quantitative estimate of drug-likeness (QED) is 0.817. The van der Waals surface area contributed by atoms with Gasteiger partial charge in [0.1, 0.15) is 4.88 Å². The maximum absolute atomic E-state index is 11.0. The van der Waals surface area contributed by atoms with Crippen LogP contribution in [0.5, 0.6) is 0 Å². The number of hydrogen-bond acceptors (Lipinski definition) is 3. The number of thiophene rings is 1. The summed E-state index contributed by atoms with van der Waals surface area (Å²) in [7, 11) is 0. The molecule has 1 aromatic rings. The van der Waals surface area contributed by atoms with Crippen LogP contribution >= 0.6 is 11.3 Å². The zero-order chi connectivity index (χ0) is 11.8. The first-order chi connectivity index (χ1) is 8.25. The van der Waals surface area contributed by atoms with Crippen molar-refractivity contribution in [2.45, 2.75) is 38.3 Å². The molecule has 4 heteroatoms. The Balaban J connectivity index is 1.62. The SMILES string of the molecule is O=C(O)c1sccc1CNC(C1CC1)C1CC1. The third-order valence-corrected chi connectivity index (χ3v) is 4.67. The van der Waals surface area contributed by atoms with Gasteiger partial charge in [-0.3, -0.25) is 0 Å². The van der Waals surface area contributed by atoms with Gasteiger partial charge in [-0.2, -0.15) is 0 Å². The summed E-state index contributed by atoms with van der Waals surface area (Å²) >= 11 is 1.32. The summed E-state index contributed by atoms with van der Waals surface area (Å²) in [5, 5.41) is 14.5. The van der Waals surface area contributed by atoms with E-state index in [2.05, 4.69) is 5.32 Å². The summed E-state index contributed by atoms with van der Waals surface area (Å²) in [4.78, 5) is 11.5. The molecule has 2 fully saturated rings. The Morgan fingerprint density at radius 2 is 2.06 bits per heavy atom. The van der Waals surface area contributed by atoms with Crippen molar-refractivity contribution in [1.29, 1.82) is 0 Å². The van der Waals surface area contributed by atoms with Crippen LogP contribution in [0.3, 0.4) is 0 Å². The van der Waals surface area contributed by atoms with Gasteiger partial charge in [0.05, 0.1) is 0 Å². The maximum Gasteiger partial charge on any atom is 0.346 e. The fraction of sp³-hybridized carbons (Fsp3) is 0.615. The molecule has 0 aliphatic heterocycles. The molecular weight excluding hydrogens is 234 g/mol. The molecule has 2 aliphatic rings. The van der Waals surface area contributed by atoms with Crippen LogP contribution in [-0.2, 0) is 6.54 Å². The highest BCUT2D eigenvalue weighted by atomic mass is 32.1. The normalized spacial score (nSPS) is 19.8. The summed E-state index contributed by atoms with van der Waals surface area (Å²) in [6, 6.07) is 2.56. The second-order valence-corrected chi connectivity index (χ2v) is 6.08. The molecule has 2 aliphatic carbocycles. The molecule has 0 bridgehead atoms. The van der Waals surface area contributed by atoms with Crippen molar-refractivity contribution in [1.82, 2.24) is 5.32 Å². The van der Waals surface area contributed by atoms with Crippen molar-refractivity contribution >= 4 is 17.3 Å². The monoisotopic (exact) mass is 251 g/mol. The Morgan fingerprint density at radius 1 is 1.41 bits per heavy atom. The number of nitrogens with one attached hydrogen (secondary N) is 1. The molecule has 17 heavy (non-hydrogen) atoms. The van der Waals surface area contributed by atoms with Gasteiger partial charge in [0.25, 0.3) is 0 Å². The highest BCUT2D eigenvalue weighted by Gasteiger charge is 2.41. The number of hydrogen-bond donors (Lipinski definition) is 2. The lowest BCUT2D eigenvalue weighted by Gasteiger charge is -2.17. The molecular formula is C13H17NO2S. The average Bonchev–Trinajstić information content (AvgIpc) is 3.19. The van der Waals surface area contributed by atoms with Crippen LogP contribution in [0, 0.1) is 11.8 Å². The minimum absolute atomic E-state index is 0.489. The van der Waals surface area contributed by atoms with E-state index in [1.165, 1.54) is 37.0 Å². The van der Waals surface area contributed by atoms with E-state index in [1.807, 2.05) is 11.4 Å². The maximum atomic E-state index is 11.0. The molecule has 0 amide bonds. The van der Waals surface area contributed by atoms with Gasteiger partial charge in [0.2, 0.25) is 0 Å². The van der Waals surface area contributed by atoms with Crippen LogP contribution in [0.1, 0.15) is 40.9 Å². The van der Waals surface area contributed by atoms with Gasteiger partial charge in [0.15, 0.2) is 0 Å². The van der Waals surface area contributed by atoms with Gasteiger partial charge in [-0.15, -0.1) is 11.3 Å². The van der Waals surface area contributed by atoms with Gasteiger partial charge in [-0.1, -0.05) is 0 Å². The van der Waals surface area contributed by atoms with Crippen molar-refractivity contribution in [3.63, 3.8) is 0 Å². The van der Waals surface area contributed by atoms with E-state index in [0.717, 1.165) is 17.4 Å². The van der Waals surface area contributed by atoms with E-state index in [0.29, 0.717) is 17.5 Å². The van der Waals surface area contributed by atoms with Crippen LogP contribution < -0.4 is 5.32 Å². The Kier molecular flexibility index (Phi) is 2.92. The summed E-state index contributed by atoms with van der Waals surface area (Å²) in [6.07, 6.45) is 5.40. The molecule has 0 unspecified atom stereocenters. The van der Waals surface area contributed by atoms with Crippen molar-refractivity contribution in [2.24, 2.45) is 11.8 Å². The molecule has 3 rings (SSSR count). The first-order valence-corrected chi connectivity index (χ1v) is 7.16. The number of carboxylic acid groups (broad SMARTS) is 1. The Bertz CT molecular complexity index is 409. The van der Waals surface area contributed by atoms with Crippen LogP contribution in [0.2, 0.25) is 0 Å². The van der Waals surface area contributed by atoms with Crippen molar-refractivity contribution in [3.8, 4) is 0 Å². The fourth-order valence-electron chi connectivity index (χ4n) is 2.52. The second-order valence-electron chi connectivity index (χ2n) is 5.16. The van der Waals surface area contributed by atoms with Gasteiger partial charge in [-0.25, -0.2) is 4.79 Å². The van der Waals surface area contributed by atoms with Crippen LogP contribution in [0.25, 0.3) is 0 Å².